The maximum atomic E-state index is 11.5. The fraction of sp³-hybridized carbons (Fsp3) is 0.545. The smallest absolute Gasteiger partial charge is 0.336 e. The second-order valence-corrected chi connectivity index (χ2v) is 8.79. The normalized spacial score (nSPS) is 18.2. The Balaban J connectivity index is 0.000000302. The summed E-state index contributed by atoms with van der Waals surface area (Å²) in [5.74, 6) is -3.74. The molecule has 1 saturated heterocycles. The van der Waals surface area contributed by atoms with Crippen LogP contribution in [0.4, 0.5) is 5.82 Å². The molecule has 2 atom stereocenters. The van der Waals surface area contributed by atoms with Crippen molar-refractivity contribution in [2.75, 3.05) is 38.2 Å². The molecule has 0 saturated carbocycles. The molecule has 1 aliphatic heterocycles. The molecule has 0 spiro atoms. The number of nitrogens with zero attached hydrogens (tertiary/aromatic N) is 4. The van der Waals surface area contributed by atoms with Crippen molar-refractivity contribution in [2.24, 2.45) is 5.92 Å². The fourth-order valence-corrected chi connectivity index (χ4v) is 4.07. The van der Waals surface area contributed by atoms with Crippen LogP contribution >= 0.6 is 0 Å². The van der Waals surface area contributed by atoms with Gasteiger partial charge in [0.2, 0.25) is 0 Å². The molecule has 2 aromatic heterocycles. The van der Waals surface area contributed by atoms with Crippen LogP contribution in [-0.2, 0) is 19.2 Å². The molecule has 0 radical (unpaired) electrons. The number of aromatic nitrogens is 3. The number of rotatable bonds is 10. The van der Waals surface area contributed by atoms with Gasteiger partial charge in [0.25, 0.3) is 0 Å². The lowest BCUT2D eigenvalue weighted by Gasteiger charge is -2.42. The molecule has 1 aliphatic rings. The number of carboxylic acids is 3. The molecule has 1 fully saturated rings. The molecule has 0 amide bonds. The van der Waals surface area contributed by atoms with Crippen LogP contribution in [-0.4, -0.2) is 114 Å². The predicted molar refractivity (Wildman–Crippen MR) is 125 cm³/mol. The highest BCUT2D eigenvalue weighted by Gasteiger charge is 2.40. The highest BCUT2D eigenvalue weighted by atomic mass is 16.4. The van der Waals surface area contributed by atoms with E-state index in [1.165, 1.54) is 0 Å². The third-order valence-corrected chi connectivity index (χ3v) is 6.03. The minimum Gasteiger partial charge on any atom is -0.481 e. The van der Waals surface area contributed by atoms with Gasteiger partial charge in [-0.15, -0.1) is 0 Å². The van der Waals surface area contributed by atoms with Crippen LogP contribution in [0.1, 0.15) is 26.2 Å². The van der Waals surface area contributed by atoms with Gasteiger partial charge in [-0.2, -0.15) is 0 Å². The number of hydrogen-bond donors (Lipinski definition) is 6. The third-order valence-electron chi connectivity index (χ3n) is 6.03. The average molecular weight is 510 g/mol. The first-order chi connectivity index (χ1) is 16.9. The van der Waals surface area contributed by atoms with E-state index in [-0.39, 0.29) is 18.4 Å². The van der Waals surface area contributed by atoms with Crippen LogP contribution in [0.5, 0.6) is 0 Å². The summed E-state index contributed by atoms with van der Waals surface area (Å²) < 4.78 is 0. The Morgan fingerprint density at radius 3 is 2.36 bits per heavy atom. The van der Waals surface area contributed by atoms with Gasteiger partial charge in [0.05, 0.1) is 24.8 Å². The second kappa shape index (κ2) is 12.4. The molecular weight excluding hydrogens is 478 g/mol. The molecule has 198 valence electrons. The number of carbonyl (C=O) groups is 4. The standard InChI is InChI=1S/C16H23N5O2.C6H8O7/c1-11-4-6-21(7-12(23)9-22)8-14(11)20(2)16-13-3-5-17-15(13)18-10-19-16;7-3(8)1-6(13,5(11)12)2-4(9)10/h3,5,10-11,14,22H,4,6-9H2,1-2H3,(H,17,18,19);13H,1-2H2,(H,7,8)(H,9,10)(H,11,12)/t11-,14+;/m1./s1. The summed E-state index contributed by atoms with van der Waals surface area (Å²) in [5, 5.41) is 43.8. The number of likely N-dealkylation sites (N-methyl/N-ethyl adjacent to an activating group) is 1. The Morgan fingerprint density at radius 2 is 1.81 bits per heavy atom. The minimum atomic E-state index is -2.74. The van der Waals surface area contributed by atoms with E-state index in [0.29, 0.717) is 12.5 Å². The van der Waals surface area contributed by atoms with Crippen molar-refractivity contribution >= 4 is 40.5 Å². The number of hydrogen-bond acceptors (Lipinski definition) is 10. The first-order valence-electron chi connectivity index (χ1n) is 11.1. The van der Waals surface area contributed by atoms with Gasteiger partial charge >= 0.3 is 17.9 Å². The van der Waals surface area contributed by atoms with Crippen LogP contribution in [0.15, 0.2) is 18.6 Å². The molecule has 0 unspecified atom stereocenters. The van der Waals surface area contributed by atoms with Crippen molar-refractivity contribution in [3.63, 3.8) is 0 Å². The zero-order valence-corrected chi connectivity index (χ0v) is 20.0. The third kappa shape index (κ3) is 7.44. The van der Waals surface area contributed by atoms with Crippen LogP contribution in [0, 0.1) is 5.92 Å². The second-order valence-electron chi connectivity index (χ2n) is 8.79. The van der Waals surface area contributed by atoms with Gasteiger partial charge in [0, 0.05) is 25.8 Å². The van der Waals surface area contributed by atoms with Crippen molar-refractivity contribution < 1.29 is 44.7 Å². The summed E-state index contributed by atoms with van der Waals surface area (Å²) in [4.78, 5) is 58.1. The van der Waals surface area contributed by atoms with Gasteiger partial charge in [-0.1, -0.05) is 6.92 Å². The fourth-order valence-electron chi connectivity index (χ4n) is 4.07. The van der Waals surface area contributed by atoms with E-state index in [1.54, 1.807) is 6.33 Å². The SMILES string of the molecule is C[C@@H]1CCN(CC(=O)CO)C[C@@H]1N(C)c1ncnc2[nH]ccc12.O=C(O)CC(O)(CC(=O)O)C(=O)O. The Labute approximate surface area is 206 Å². The largest absolute Gasteiger partial charge is 0.481 e. The van der Waals surface area contributed by atoms with E-state index >= 15 is 0 Å². The van der Waals surface area contributed by atoms with Crippen LogP contribution in [0.25, 0.3) is 11.0 Å². The van der Waals surface area contributed by atoms with Crippen molar-refractivity contribution in [3.8, 4) is 0 Å². The molecule has 36 heavy (non-hydrogen) atoms. The number of anilines is 1. The summed E-state index contributed by atoms with van der Waals surface area (Å²) in [7, 11) is 2.05. The molecule has 14 nitrogen and oxygen atoms in total. The van der Waals surface area contributed by atoms with Gasteiger partial charge < -0.3 is 35.4 Å². The van der Waals surface area contributed by atoms with E-state index in [2.05, 4.69) is 31.7 Å². The van der Waals surface area contributed by atoms with Gasteiger partial charge in [-0.25, -0.2) is 14.8 Å². The van der Waals surface area contributed by atoms with E-state index in [9.17, 15) is 19.2 Å². The monoisotopic (exact) mass is 509 g/mol. The molecule has 6 N–H and O–H groups in total. The van der Waals surface area contributed by atoms with Gasteiger partial charge in [0.15, 0.2) is 11.4 Å². The topological polar surface area (TPSA) is 217 Å². The van der Waals surface area contributed by atoms with Crippen molar-refractivity contribution in [1.29, 1.82) is 0 Å². The summed E-state index contributed by atoms with van der Waals surface area (Å²) in [6.45, 7) is 3.85. The van der Waals surface area contributed by atoms with Crippen molar-refractivity contribution in [1.82, 2.24) is 19.9 Å². The first kappa shape index (κ1) is 28.6. The van der Waals surface area contributed by atoms with Crippen molar-refractivity contribution in [3.05, 3.63) is 18.6 Å². The number of aliphatic hydroxyl groups is 2. The summed E-state index contributed by atoms with van der Waals surface area (Å²) in [6.07, 6.45) is 2.18. The van der Waals surface area contributed by atoms with Crippen LogP contribution in [0.2, 0.25) is 0 Å². The Hall–Kier alpha value is -3.62. The number of aromatic amines is 1. The van der Waals surface area contributed by atoms with Crippen LogP contribution in [0.3, 0.4) is 0 Å². The number of likely N-dealkylation sites (tertiary alicyclic amines) is 1. The molecule has 2 aromatic rings. The highest BCUT2D eigenvalue weighted by Crippen LogP contribution is 2.28. The van der Waals surface area contributed by atoms with E-state index < -0.39 is 36.4 Å². The lowest BCUT2D eigenvalue weighted by atomic mass is 9.92. The number of piperidine rings is 1. The van der Waals surface area contributed by atoms with Gasteiger partial charge in [-0.05, 0) is 24.9 Å². The molecular formula is C22H31N5O9. The zero-order valence-electron chi connectivity index (χ0n) is 20.0. The first-order valence-corrected chi connectivity index (χ1v) is 11.1. The number of Topliss-reactive ketones (excluding diaryl/α,β-unsaturated/α-hetero) is 1. The molecule has 14 heteroatoms. The Kier molecular flexibility index (Phi) is 9.84. The summed E-state index contributed by atoms with van der Waals surface area (Å²) in [6, 6.07) is 2.25. The maximum Gasteiger partial charge on any atom is 0.336 e. The number of H-pyrrole nitrogens is 1. The van der Waals surface area contributed by atoms with E-state index in [1.807, 2.05) is 19.3 Å². The number of aliphatic carboxylic acids is 3. The highest BCUT2D eigenvalue weighted by molar-refractivity contribution is 5.88. The molecule has 3 heterocycles. The zero-order chi connectivity index (χ0) is 27.0. The molecule has 0 bridgehead atoms. The molecule has 0 aromatic carbocycles. The Morgan fingerprint density at radius 1 is 1.17 bits per heavy atom. The predicted octanol–water partition coefficient (Wildman–Crippen LogP) is -0.583. The molecule has 3 rings (SSSR count). The van der Waals surface area contributed by atoms with E-state index in [0.717, 1.165) is 36.4 Å². The number of nitrogens with one attached hydrogen (secondary N) is 1. The van der Waals surface area contributed by atoms with Gasteiger partial charge in [-0.3, -0.25) is 19.3 Å². The lowest BCUT2D eigenvalue weighted by molar-refractivity contribution is -0.170. The molecule has 0 aliphatic carbocycles. The number of carboxylic acid groups (broad SMARTS) is 3. The maximum absolute atomic E-state index is 11.5. The number of ketones is 1. The van der Waals surface area contributed by atoms with E-state index in [4.69, 9.17) is 25.5 Å². The number of carbonyl (C=O) groups excluding carboxylic acids is 1. The van der Waals surface area contributed by atoms with Crippen LogP contribution < -0.4 is 4.90 Å². The average Bonchev–Trinajstić information content (AvgIpc) is 3.28. The van der Waals surface area contributed by atoms with Gasteiger partial charge in [0.1, 0.15) is 24.4 Å². The summed E-state index contributed by atoms with van der Waals surface area (Å²) >= 11 is 0. The van der Waals surface area contributed by atoms with Crippen molar-refractivity contribution in [2.45, 2.75) is 37.8 Å². The number of aliphatic hydroxyl groups excluding tert-OH is 1. The Bertz CT molecular complexity index is 1070. The summed E-state index contributed by atoms with van der Waals surface area (Å²) in [5.41, 5.74) is -1.91. The quantitative estimate of drug-likeness (QED) is 0.236. The minimum absolute atomic E-state index is 0.129. The lowest BCUT2D eigenvalue weighted by Crippen LogP contribution is -2.52. The number of fused-ring (bicyclic) bond motifs is 1.